The Labute approximate surface area is 175 Å². The number of aromatic nitrogens is 2. The van der Waals surface area contributed by atoms with E-state index in [-0.39, 0.29) is 11.9 Å². The lowest BCUT2D eigenvalue weighted by molar-refractivity contribution is 0.0946. The normalized spacial score (nSPS) is 12.1. The summed E-state index contributed by atoms with van der Waals surface area (Å²) >= 11 is 0. The van der Waals surface area contributed by atoms with Crippen LogP contribution in [0.15, 0.2) is 65.3 Å². The standard InChI is InChI=1S/C24H25N3O3/c1-4-29-22-12-11-18-8-5-6-9-19(18)23(22)24(28)25-15-20(21-10-7-13-30-21)27-17(3)14-16(2)26-27/h5-14,20H,4,15H2,1-3H3,(H,25,28). The third kappa shape index (κ3) is 3.81. The number of ether oxygens (including phenoxy) is 1. The molecule has 2 heterocycles. The summed E-state index contributed by atoms with van der Waals surface area (Å²) in [7, 11) is 0. The maximum Gasteiger partial charge on any atom is 0.255 e. The van der Waals surface area contributed by atoms with Crippen molar-refractivity contribution in [2.45, 2.75) is 26.8 Å². The summed E-state index contributed by atoms with van der Waals surface area (Å²) in [5.41, 5.74) is 2.47. The molecule has 0 aliphatic rings. The van der Waals surface area contributed by atoms with E-state index >= 15 is 0 Å². The minimum absolute atomic E-state index is 0.187. The summed E-state index contributed by atoms with van der Waals surface area (Å²) in [6.45, 7) is 6.68. The molecule has 6 nitrogen and oxygen atoms in total. The summed E-state index contributed by atoms with van der Waals surface area (Å²) in [4.78, 5) is 13.3. The maximum atomic E-state index is 13.3. The Morgan fingerprint density at radius 2 is 2.00 bits per heavy atom. The topological polar surface area (TPSA) is 69.3 Å². The number of amides is 1. The SMILES string of the molecule is CCOc1ccc2ccccc2c1C(=O)NCC(c1ccco1)n1nc(C)cc1C. The Hall–Kier alpha value is -3.54. The smallest absolute Gasteiger partial charge is 0.255 e. The zero-order valence-electron chi connectivity index (χ0n) is 17.4. The van der Waals surface area contributed by atoms with Crippen LogP contribution in [0.25, 0.3) is 10.8 Å². The third-order valence-electron chi connectivity index (χ3n) is 5.09. The Balaban J connectivity index is 1.66. The van der Waals surface area contributed by atoms with E-state index in [4.69, 9.17) is 9.15 Å². The second-order valence-electron chi connectivity index (χ2n) is 7.21. The number of nitrogens with one attached hydrogen (secondary N) is 1. The zero-order chi connectivity index (χ0) is 21.1. The highest BCUT2D eigenvalue weighted by Gasteiger charge is 2.23. The van der Waals surface area contributed by atoms with Gasteiger partial charge in [0.2, 0.25) is 0 Å². The van der Waals surface area contributed by atoms with Gasteiger partial charge in [0.05, 0.1) is 24.1 Å². The fourth-order valence-electron chi connectivity index (χ4n) is 3.79. The Morgan fingerprint density at radius 3 is 2.70 bits per heavy atom. The number of nitrogens with zero attached hydrogens (tertiary/aromatic N) is 2. The lowest BCUT2D eigenvalue weighted by Gasteiger charge is -2.19. The van der Waals surface area contributed by atoms with Crippen LogP contribution >= 0.6 is 0 Å². The molecule has 1 unspecified atom stereocenters. The number of hydrogen-bond acceptors (Lipinski definition) is 4. The van der Waals surface area contributed by atoms with Gasteiger partial charge in [-0.15, -0.1) is 0 Å². The molecule has 0 aliphatic heterocycles. The van der Waals surface area contributed by atoms with Gasteiger partial charge in [-0.1, -0.05) is 30.3 Å². The number of aryl methyl sites for hydroxylation is 2. The van der Waals surface area contributed by atoms with Crippen LogP contribution in [0, 0.1) is 13.8 Å². The van der Waals surface area contributed by atoms with E-state index in [1.807, 2.05) is 80.1 Å². The van der Waals surface area contributed by atoms with Gasteiger partial charge in [-0.05, 0) is 55.8 Å². The number of rotatable bonds is 7. The average molecular weight is 403 g/mol. The van der Waals surface area contributed by atoms with Crippen LogP contribution in [0.1, 0.15) is 40.5 Å². The number of carbonyl (C=O) groups is 1. The van der Waals surface area contributed by atoms with Gasteiger partial charge in [0.25, 0.3) is 5.91 Å². The molecule has 1 atom stereocenters. The van der Waals surface area contributed by atoms with Crippen molar-refractivity contribution in [3.8, 4) is 5.75 Å². The predicted molar refractivity (Wildman–Crippen MR) is 116 cm³/mol. The Bertz CT molecular complexity index is 1160. The second kappa shape index (κ2) is 8.45. The first-order valence-electron chi connectivity index (χ1n) is 10.1. The van der Waals surface area contributed by atoms with E-state index < -0.39 is 0 Å². The van der Waals surface area contributed by atoms with E-state index in [2.05, 4.69) is 10.4 Å². The molecule has 30 heavy (non-hydrogen) atoms. The van der Waals surface area contributed by atoms with Crippen molar-refractivity contribution < 1.29 is 13.9 Å². The van der Waals surface area contributed by atoms with Gasteiger partial charge in [-0.3, -0.25) is 9.48 Å². The number of carbonyl (C=O) groups excluding carboxylic acids is 1. The predicted octanol–water partition coefficient (Wildman–Crippen LogP) is 4.66. The van der Waals surface area contributed by atoms with Gasteiger partial charge in [-0.2, -0.15) is 5.10 Å². The van der Waals surface area contributed by atoms with Crippen LogP contribution in [-0.4, -0.2) is 28.8 Å². The Morgan fingerprint density at radius 1 is 1.17 bits per heavy atom. The molecular formula is C24H25N3O3. The van der Waals surface area contributed by atoms with Crippen molar-refractivity contribution in [3.63, 3.8) is 0 Å². The van der Waals surface area contributed by atoms with Gasteiger partial charge >= 0.3 is 0 Å². The first-order valence-corrected chi connectivity index (χ1v) is 10.1. The molecule has 0 spiro atoms. The highest BCUT2D eigenvalue weighted by Crippen LogP contribution is 2.28. The molecule has 0 bridgehead atoms. The third-order valence-corrected chi connectivity index (χ3v) is 5.09. The largest absolute Gasteiger partial charge is 0.493 e. The molecule has 154 valence electrons. The molecule has 2 aromatic heterocycles. The van der Waals surface area contributed by atoms with Crippen LogP contribution in [-0.2, 0) is 0 Å². The molecule has 4 rings (SSSR count). The summed E-state index contributed by atoms with van der Waals surface area (Å²) in [6.07, 6.45) is 1.63. The van der Waals surface area contributed by atoms with Crippen molar-refractivity contribution in [1.29, 1.82) is 0 Å². The van der Waals surface area contributed by atoms with Crippen LogP contribution < -0.4 is 10.1 Å². The molecule has 1 amide bonds. The number of benzene rings is 2. The Kier molecular flexibility index (Phi) is 5.57. The average Bonchev–Trinajstić information content (AvgIpc) is 3.38. The van der Waals surface area contributed by atoms with Crippen molar-refractivity contribution in [3.05, 3.63) is 83.6 Å². The lowest BCUT2D eigenvalue weighted by atomic mass is 10.0. The molecule has 6 heteroatoms. The summed E-state index contributed by atoms with van der Waals surface area (Å²) < 4.78 is 13.3. The van der Waals surface area contributed by atoms with Crippen molar-refractivity contribution >= 4 is 16.7 Å². The fourth-order valence-corrected chi connectivity index (χ4v) is 3.79. The summed E-state index contributed by atoms with van der Waals surface area (Å²) in [6, 6.07) is 17.1. The second-order valence-corrected chi connectivity index (χ2v) is 7.21. The van der Waals surface area contributed by atoms with Crippen LogP contribution in [0.4, 0.5) is 0 Å². The van der Waals surface area contributed by atoms with Crippen molar-refractivity contribution in [2.75, 3.05) is 13.2 Å². The zero-order valence-corrected chi connectivity index (χ0v) is 17.4. The monoisotopic (exact) mass is 403 g/mol. The summed E-state index contributed by atoms with van der Waals surface area (Å²) in [5, 5.41) is 9.52. The van der Waals surface area contributed by atoms with Crippen LogP contribution in [0.2, 0.25) is 0 Å². The van der Waals surface area contributed by atoms with Gasteiger partial charge in [-0.25, -0.2) is 0 Å². The first-order chi connectivity index (χ1) is 14.6. The van der Waals surface area contributed by atoms with E-state index in [9.17, 15) is 4.79 Å². The maximum absolute atomic E-state index is 13.3. The quantitative estimate of drug-likeness (QED) is 0.487. The van der Waals surface area contributed by atoms with Gasteiger partial charge in [0.1, 0.15) is 17.6 Å². The minimum Gasteiger partial charge on any atom is -0.493 e. The van der Waals surface area contributed by atoms with Crippen molar-refractivity contribution in [2.24, 2.45) is 0 Å². The van der Waals surface area contributed by atoms with Gasteiger partial charge < -0.3 is 14.5 Å². The highest BCUT2D eigenvalue weighted by molar-refractivity contribution is 6.09. The minimum atomic E-state index is -0.247. The molecule has 2 aromatic carbocycles. The molecule has 0 aliphatic carbocycles. The van der Waals surface area contributed by atoms with Gasteiger partial charge in [0, 0.05) is 12.2 Å². The first kappa shape index (κ1) is 19.8. The summed E-state index contributed by atoms with van der Waals surface area (Å²) in [5.74, 6) is 1.13. The van der Waals surface area contributed by atoms with Crippen LogP contribution in [0.3, 0.4) is 0 Å². The van der Waals surface area contributed by atoms with E-state index in [0.29, 0.717) is 24.5 Å². The molecule has 0 saturated heterocycles. The lowest BCUT2D eigenvalue weighted by Crippen LogP contribution is -2.32. The van der Waals surface area contributed by atoms with E-state index in [0.717, 1.165) is 27.9 Å². The highest BCUT2D eigenvalue weighted by atomic mass is 16.5. The number of furan rings is 1. The van der Waals surface area contributed by atoms with Gasteiger partial charge in [0.15, 0.2) is 0 Å². The van der Waals surface area contributed by atoms with Crippen LogP contribution in [0.5, 0.6) is 5.75 Å². The number of fused-ring (bicyclic) bond motifs is 1. The molecular weight excluding hydrogens is 378 g/mol. The molecule has 1 N–H and O–H groups in total. The van der Waals surface area contributed by atoms with Crippen molar-refractivity contribution in [1.82, 2.24) is 15.1 Å². The molecule has 4 aromatic rings. The molecule has 0 saturated carbocycles. The molecule has 0 fully saturated rings. The fraction of sp³-hybridized carbons (Fsp3) is 0.250. The molecule has 0 radical (unpaired) electrons. The van der Waals surface area contributed by atoms with E-state index in [1.165, 1.54) is 0 Å². The van der Waals surface area contributed by atoms with E-state index in [1.54, 1.807) is 6.26 Å². The number of hydrogen-bond donors (Lipinski definition) is 1.